The predicted molar refractivity (Wildman–Crippen MR) is 75.4 cm³/mol. The van der Waals surface area contributed by atoms with Crippen molar-refractivity contribution in [2.75, 3.05) is 19.6 Å². The van der Waals surface area contributed by atoms with Crippen molar-refractivity contribution in [2.45, 2.75) is 34.1 Å². The third kappa shape index (κ3) is 4.49. The molecule has 96 valence electrons. The molecular weight excluding hydrogens is 208 g/mol. The number of nitrogens with one attached hydrogen (secondary N) is 1. The highest BCUT2D eigenvalue weighted by atomic mass is 14.9. The summed E-state index contributed by atoms with van der Waals surface area (Å²) in [6.45, 7) is 11.6. The number of aryl methyl sites for hydroxylation is 3. The first kappa shape index (κ1) is 14.2. The number of hydrogen-bond donors (Lipinski definition) is 2. The van der Waals surface area contributed by atoms with E-state index in [1.54, 1.807) is 0 Å². The van der Waals surface area contributed by atoms with Crippen LogP contribution < -0.4 is 11.1 Å². The third-order valence-corrected chi connectivity index (χ3v) is 3.29. The van der Waals surface area contributed by atoms with Gasteiger partial charge in [0, 0.05) is 0 Å². The molecule has 1 aromatic rings. The van der Waals surface area contributed by atoms with Crippen molar-refractivity contribution in [3.8, 4) is 0 Å². The summed E-state index contributed by atoms with van der Waals surface area (Å²) in [6, 6.07) is 4.54. The van der Waals surface area contributed by atoms with Crippen LogP contribution in [0.25, 0.3) is 0 Å². The quantitative estimate of drug-likeness (QED) is 0.741. The summed E-state index contributed by atoms with van der Waals surface area (Å²) >= 11 is 0. The Hall–Kier alpha value is -0.860. The van der Waals surface area contributed by atoms with Gasteiger partial charge in [0.1, 0.15) is 0 Å². The van der Waals surface area contributed by atoms with Gasteiger partial charge in [-0.1, -0.05) is 24.6 Å². The lowest BCUT2D eigenvalue weighted by Gasteiger charge is -2.13. The summed E-state index contributed by atoms with van der Waals surface area (Å²) in [6.07, 6.45) is 1.11. The zero-order chi connectivity index (χ0) is 12.8. The highest BCUT2D eigenvalue weighted by molar-refractivity contribution is 5.37. The minimum absolute atomic E-state index is 0.565. The van der Waals surface area contributed by atoms with Gasteiger partial charge in [-0.15, -0.1) is 0 Å². The molecule has 1 unspecified atom stereocenters. The second-order valence-electron chi connectivity index (χ2n) is 5.17. The smallest absolute Gasteiger partial charge is 0.000803 e. The van der Waals surface area contributed by atoms with E-state index in [1.165, 1.54) is 22.3 Å². The Morgan fingerprint density at radius 1 is 1.18 bits per heavy atom. The molecule has 2 heteroatoms. The summed E-state index contributed by atoms with van der Waals surface area (Å²) in [7, 11) is 0. The molecule has 0 spiro atoms. The number of benzene rings is 1. The minimum Gasteiger partial charge on any atom is -0.330 e. The summed E-state index contributed by atoms with van der Waals surface area (Å²) < 4.78 is 0. The number of rotatable bonds is 6. The van der Waals surface area contributed by atoms with Crippen molar-refractivity contribution >= 4 is 0 Å². The van der Waals surface area contributed by atoms with Gasteiger partial charge in [-0.25, -0.2) is 0 Å². The summed E-state index contributed by atoms with van der Waals surface area (Å²) in [5.41, 5.74) is 11.3. The number of nitrogens with two attached hydrogens (primary N) is 1. The lowest BCUT2D eigenvalue weighted by molar-refractivity contribution is 0.524. The predicted octanol–water partition coefficient (Wildman–Crippen LogP) is 2.34. The molecule has 0 saturated carbocycles. The zero-order valence-electron chi connectivity index (χ0n) is 11.6. The molecule has 1 aromatic carbocycles. The Kier molecular flexibility index (Phi) is 5.66. The van der Waals surface area contributed by atoms with E-state index in [-0.39, 0.29) is 0 Å². The van der Waals surface area contributed by atoms with E-state index in [0.717, 1.165) is 26.1 Å². The monoisotopic (exact) mass is 234 g/mol. The van der Waals surface area contributed by atoms with Crippen LogP contribution in [0.2, 0.25) is 0 Å². The second kappa shape index (κ2) is 6.77. The molecule has 0 fully saturated rings. The van der Waals surface area contributed by atoms with Crippen molar-refractivity contribution in [2.24, 2.45) is 11.7 Å². The SMILES string of the molecule is Cc1cc(C)c(CCNCC(C)CN)c(C)c1. The van der Waals surface area contributed by atoms with E-state index in [2.05, 4.69) is 45.1 Å². The van der Waals surface area contributed by atoms with E-state index in [9.17, 15) is 0 Å². The summed E-state index contributed by atoms with van der Waals surface area (Å²) in [5, 5.41) is 3.47. The Bertz CT molecular complexity index is 335. The molecule has 0 amide bonds. The second-order valence-corrected chi connectivity index (χ2v) is 5.17. The van der Waals surface area contributed by atoms with Gasteiger partial charge in [0.25, 0.3) is 0 Å². The van der Waals surface area contributed by atoms with Gasteiger partial charge < -0.3 is 11.1 Å². The molecule has 1 rings (SSSR count). The lowest BCUT2D eigenvalue weighted by atomic mass is 9.97. The van der Waals surface area contributed by atoms with Crippen LogP contribution in [0.4, 0.5) is 0 Å². The highest BCUT2D eigenvalue weighted by Crippen LogP contribution is 2.16. The van der Waals surface area contributed by atoms with Crippen LogP contribution in [0.3, 0.4) is 0 Å². The minimum atomic E-state index is 0.565. The first-order valence-electron chi connectivity index (χ1n) is 6.52. The molecule has 0 heterocycles. The van der Waals surface area contributed by atoms with Gasteiger partial charge in [0.2, 0.25) is 0 Å². The Labute approximate surface area is 106 Å². The summed E-state index contributed by atoms with van der Waals surface area (Å²) in [4.78, 5) is 0. The topological polar surface area (TPSA) is 38.0 Å². The fourth-order valence-electron chi connectivity index (χ4n) is 2.25. The van der Waals surface area contributed by atoms with Crippen molar-refractivity contribution in [1.82, 2.24) is 5.32 Å². The number of hydrogen-bond acceptors (Lipinski definition) is 2. The molecule has 3 N–H and O–H groups in total. The maximum Gasteiger partial charge on any atom is -0.000803 e. The molecule has 0 saturated heterocycles. The third-order valence-electron chi connectivity index (χ3n) is 3.29. The van der Waals surface area contributed by atoms with Crippen molar-refractivity contribution < 1.29 is 0 Å². The molecule has 0 aliphatic carbocycles. The Morgan fingerprint density at radius 2 is 1.76 bits per heavy atom. The Balaban J connectivity index is 2.47. The zero-order valence-corrected chi connectivity index (χ0v) is 11.6. The van der Waals surface area contributed by atoms with Gasteiger partial charge in [-0.05, 0) is 69.4 Å². The van der Waals surface area contributed by atoms with E-state index in [0.29, 0.717) is 5.92 Å². The van der Waals surface area contributed by atoms with Gasteiger partial charge in [-0.3, -0.25) is 0 Å². The van der Waals surface area contributed by atoms with Crippen LogP contribution >= 0.6 is 0 Å². The van der Waals surface area contributed by atoms with Crippen LogP contribution in [0.1, 0.15) is 29.2 Å². The first-order valence-corrected chi connectivity index (χ1v) is 6.52. The van der Waals surface area contributed by atoms with Crippen molar-refractivity contribution in [3.05, 3.63) is 34.4 Å². The normalized spacial score (nSPS) is 12.8. The molecule has 2 nitrogen and oxygen atoms in total. The van der Waals surface area contributed by atoms with Gasteiger partial charge >= 0.3 is 0 Å². The van der Waals surface area contributed by atoms with Crippen LogP contribution in [0.5, 0.6) is 0 Å². The standard InChI is InChI=1S/C15H26N2/c1-11-7-13(3)15(14(4)8-11)5-6-17-10-12(2)9-16/h7-8,12,17H,5-6,9-10,16H2,1-4H3. The van der Waals surface area contributed by atoms with Crippen LogP contribution in [0, 0.1) is 26.7 Å². The van der Waals surface area contributed by atoms with Crippen molar-refractivity contribution in [1.29, 1.82) is 0 Å². The van der Waals surface area contributed by atoms with Crippen LogP contribution in [-0.2, 0) is 6.42 Å². The molecule has 17 heavy (non-hydrogen) atoms. The molecule has 0 aliphatic rings. The van der Waals surface area contributed by atoms with E-state index >= 15 is 0 Å². The molecule has 1 atom stereocenters. The molecule has 0 bridgehead atoms. The highest BCUT2D eigenvalue weighted by Gasteiger charge is 2.04. The average molecular weight is 234 g/mol. The van der Waals surface area contributed by atoms with E-state index in [1.807, 2.05) is 0 Å². The van der Waals surface area contributed by atoms with Crippen molar-refractivity contribution in [3.63, 3.8) is 0 Å². The fraction of sp³-hybridized carbons (Fsp3) is 0.600. The van der Waals surface area contributed by atoms with Gasteiger partial charge in [0.15, 0.2) is 0 Å². The Morgan fingerprint density at radius 3 is 2.29 bits per heavy atom. The first-order chi connectivity index (χ1) is 8.04. The van der Waals surface area contributed by atoms with Crippen LogP contribution in [-0.4, -0.2) is 19.6 Å². The maximum absolute atomic E-state index is 5.59. The van der Waals surface area contributed by atoms with Gasteiger partial charge in [0.05, 0.1) is 0 Å². The molecule has 0 aliphatic heterocycles. The molecule has 0 aromatic heterocycles. The van der Waals surface area contributed by atoms with E-state index in [4.69, 9.17) is 5.73 Å². The lowest BCUT2D eigenvalue weighted by Crippen LogP contribution is -2.27. The average Bonchev–Trinajstić information content (AvgIpc) is 2.26. The van der Waals surface area contributed by atoms with Gasteiger partial charge in [-0.2, -0.15) is 0 Å². The van der Waals surface area contributed by atoms with E-state index < -0.39 is 0 Å². The maximum atomic E-state index is 5.59. The molecule has 0 radical (unpaired) electrons. The van der Waals surface area contributed by atoms with Crippen LogP contribution in [0.15, 0.2) is 12.1 Å². The largest absolute Gasteiger partial charge is 0.330 e. The fourth-order valence-corrected chi connectivity index (χ4v) is 2.25. The molecular formula is C15H26N2. The summed E-state index contributed by atoms with van der Waals surface area (Å²) in [5.74, 6) is 0.565.